The van der Waals surface area contributed by atoms with E-state index in [1.807, 2.05) is 0 Å². The van der Waals surface area contributed by atoms with Crippen LogP contribution in [0.3, 0.4) is 0 Å². The molecule has 0 radical (unpaired) electrons. The van der Waals surface area contributed by atoms with E-state index in [-0.39, 0.29) is 17.7 Å². The van der Waals surface area contributed by atoms with Crippen molar-refractivity contribution in [2.24, 2.45) is 23.7 Å². The minimum atomic E-state index is -0.580. The summed E-state index contributed by atoms with van der Waals surface area (Å²) in [5.74, 6) is 1.28. The van der Waals surface area contributed by atoms with E-state index in [0.717, 1.165) is 17.2 Å². The Bertz CT molecular complexity index is 893. The van der Waals surface area contributed by atoms with Gasteiger partial charge in [0.1, 0.15) is 21.5 Å². The number of fused-ring (bicyclic) bond motifs is 1. The number of anilines is 1. The van der Waals surface area contributed by atoms with Gasteiger partial charge in [-0.05, 0) is 13.3 Å². The normalized spacial score (nSPS) is 27.7. The molecule has 2 aliphatic rings. The SMILES string of the molecule is CC1CC2CSC(N)=NC2(c2nc(NC(=O)c3cc(Cl)n(C)n3)cs2)CO1. The fourth-order valence-corrected chi connectivity index (χ4v) is 5.46. The van der Waals surface area contributed by atoms with E-state index >= 15 is 0 Å². The van der Waals surface area contributed by atoms with Gasteiger partial charge in [-0.3, -0.25) is 9.48 Å². The van der Waals surface area contributed by atoms with Crippen LogP contribution in [0.4, 0.5) is 5.82 Å². The highest BCUT2D eigenvalue weighted by molar-refractivity contribution is 8.13. The van der Waals surface area contributed by atoms with Gasteiger partial charge in [-0.15, -0.1) is 11.3 Å². The highest BCUT2D eigenvalue weighted by Gasteiger charge is 2.49. The largest absolute Gasteiger partial charge is 0.379 e. The minimum Gasteiger partial charge on any atom is -0.379 e. The molecule has 4 rings (SSSR count). The number of aryl methyl sites for hydroxylation is 1. The number of hydrogen-bond donors (Lipinski definition) is 2. The van der Waals surface area contributed by atoms with Crippen molar-refractivity contribution < 1.29 is 9.53 Å². The Morgan fingerprint density at radius 3 is 3.11 bits per heavy atom. The zero-order valence-corrected chi connectivity index (χ0v) is 17.2. The van der Waals surface area contributed by atoms with Crippen LogP contribution in [0.15, 0.2) is 16.4 Å². The van der Waals surface area contributed by atoms with E-state index in [2.05, 4.69) is 22.3 Å². The summed E-state index contributed by atoms with van der Waals surface area (Å²) in [6.45, 7) is 2.51. The van der Waals surface area contributed by atoms with Crippen LogP contribution in [0, 0.1) is 5.92 Å². The van der Waals surface area contributed by atoms with E-state index in [0.29, 0.717) is 28.7 Å². The molecule has 0 aliphatic carbocycles. The second kappa shape index (κ2) is 7.08. The first-order chi connectivity index (χ1) is 12.9. The molecule has 3 unspecified atom stereocenters. The second-order valence-electron chi connectivity index (χ2n) is 6.71. The number of nitrogens with one attached hydrogen (secondary N) is 1. The van der Waals surface area contributed by atoms with Crippen molar-refractivity contribution in [2.75, 3.05) is 17.7 Å². The lowest BCUT2D eigenvalue weighted by atomic mass is 9.80. The van der Waals surface area contributed by atoms with E-state index in [1.54, 1.807) is 24.2 Å². The Hall–Kier alpha value is -1.62. The molecule has 3 N–H and O–H groups in total. The number of amides is 1. The molecule has 1 amide bonds. The molecule has 27 heavy (non-hydrogen) atoms. The molecule has 11 heteroatoms. The van der Waals surface area contributed by atoms with Crippen molar-refractivity contribution >= 4 is 51.6 Å². The van der Waals surface area contributed by atoms with Crippen LogP contribution < -0.4 is 11.1 Å². The summed E-state index contributed by atoms with van der Waals surface area (Å²) in [7, 11) is 1.67. The van der Waals surface area contributed by atoms with Gasteiger partial charge in [0.05, 0.1) is 12.7 Å². The fourth-order valence-electron chi connectivity index (χ4n) is 3.35. The number of nitrogens with zero attached hydrogens (tertiary/aromatic N) is 4. The number of halogens is 1. The number of thioether (sulfide) groups is 1. The summed E-state index contributed by atoms with van der Waals surface area (Å²) in [5.41, 5.74) is 5.68. The average Bonchev–Trinajstić information content (AvgIpc) is 3.23. The van der Waals surface area contributed by atoms with E-state index in [4.69, 9.17) is 27.1 Å². The number of carbonyl (C=O) groups excluding carboxylic acids is 1. The van der Waals surface area contributed by atoms with Crippen LogP contribution in [0.25, 0.3) is 0 Å². The molecule has 0 saturated carbocycles. The van der Waals surface area contributed by atoms with Crippen molar-refractivity contribution in [3.8, 4) is 0 Å². The highest BCUT2D eigenvalue weighted by atomic mass is 35.5. The van der Waals surface area contributed by atoms with Crippen molar-refractivity contribution in [1.29, 1.82) is 0 Å². The summed E-state index contributed by atoms with van der Waals surface area (Å²) in [6, 6.07) is 1.51. The monoisotopic (exact) mass is 426 g/mol. The lowest BCUT2D eigenvalue weighted by Gasteiger charge is -2.44. The summed E-state index contributed by atoms with van der Waals surface area (Å²) in [6.07, 6.45) is 1.09. The van der Waals surface area contributed by atoms with E-state index in [9.17, 15) is 4.79 Å². The van der Waals surface area contributed by atoms with Gasteiger partial charge in [-0.2, -0.15) is 5.10 Å². The summed E-state index contributed by atoms with van der Waals surface area (Å²) in [5, 5.41) is 10.4. The topological polar surface area (TPSA) is 107 Å². The van der Waals surface area contributed by atoms with Gasteiger partial charge >= 0.3 is 0 Å². The molecule has 1 fully saturated rings. The Morgan fingerprint density at radius 2 is 2.37 bits per heavy atom. The Kier molecular flexibility index (Phi) is 4.91. The molecule has 0 spiro atoms. The van der Waals surface area contributed by atoms with Gasteiger partial charge in [-0.1, -0.05) is 23.4 Å². The molecular formula is C16H19ClN6O2S2. The van der Waals surface area contributed by atoms with Crippen molar-refractivity contribution in [2.45, 2.75) is 25.0 Å². The van der Waals surface area contributed by atoms with E-state index in [1.165, 1.54) is 22.1 Å². The Morgan fingerprint density at radius 1 is 1.56 bits per heavy atom. The third-order valence-corrected chi connectivity index (χ3v) is 7.11. The first-order valence-electron chi connectivity index (χ1n) is 8.44. The second-order valence-corrected chi connectivity index (χ2v) is 8.99. The van der Waals surface area contributed by atoms with Crippen LogP contribution >= 0.6 is 34.7 Å². The van der Waals surface area contributed by atoms with Crippen molar-refractivity contribution in [3.05, 3.63) is 27.3 Å². The number of aliphatic imine (C=N–C) groups is 1. The zero-order chi connectivity index (χ0) is 19.2. The summed E-state index contributed by atoms with van der Waals surface area (Å²) < 4.78 is 7.34. The number of nitrogens with two attached hydrogens (primary N) is 1. The molecule has 0 aromatic carbocycles. The molecule has 8 nitrogen and oxygen atoms in total. The van der Waals surface area contributed by atoms with Gasteiger partial charge < -0.3 is 15.8 Å². The molecule has 2 aromatic heterocycles. The van der Waals surface area contributed by atoms with Crippen LogP contribution in [0.1, 0.15) is 28.8 Å². The standard InChI is InChI=1S/C16H19ClN6O2S2/c1-8-3-9-5-27-15(18)21-16(9,7-25-8)14-20-12(6-26-14)19-13(24)10-4-11(17)23(2)22-10/h4,6,8-9H,3,5,7H2,1-2H3,(H2,18,21)(H,19,24). The third kappa shape index (κ3) is 3.46. The van der Waals surface area contributed by atoms with Crippen molar-refractivity contribution in [3.63, 3.8) is 0 Å². The molecule has 0 bridgehead atoms. The molecule has 144 valence electrons. The van der Waals surface area contributed by atoms with Gasteiger partial charge in [-0.25, -0.2) is 9.98 Å². The third-order valence-electron chi connectivity index (χ3n) is 4.79. The fraction of sp³-hybridized carbons (Fsp3) is 0.500. The van der Waals surface area contributed by atoms with Crippen LogP contribution in [-0.4, -0.2) is 44.3 Å². The molecule has 3 atom stereocenters. The van der Waals surface area contributed by atoms with Gasteiger partial charge in [0.25, 0.3) is 5.91 Å². The Labute approximate surface area is 169 Å². The molecule has 1 saturated heterocycles. The lowest BCUT2D eigenvalue weighted by Crippen LogP contribution is -2.49. The van der Waals surface area contributed by atoms with E-state index < -0.39 is 5.54 Å². The molecule has 2 aromatic rings. The smallest absolute Gasteiger partial charge is 0.277 e. The molecule has 2 aliphatic heterocycles. The van der Waals surface area contributed by atoms with Crippen LogP contribution in [0.2, 0.25) is 5.15 Å². The maximum Gasteiger partial charge on any atom is 0.277 e. The number of hydrogen-bond acceptors (Lipinski definition) is 8. The predicted molar refractivity (Wildman–Crippen MR) is 108 cm³/mol. The quantitative estimate of drug-likeness (QED) is 0.780. The molecular weight excluding hydrogens is 408 g/mol. The van der Waals surface area contributed by atoms with Gasteiger partial charge in [0.15, 0.2) is 10.9 Å². The number of thiazole rings is 1. The predicted octanol–water partition coefficient (Wildman–Crippen LogP) is 2.46. The lowest BCUT2D eigenvalue weighted by molar-refractivity contribution is -0.0466. The first-order valence-corrected chi connectivity index (χ1v) is 10.7. The van der Waals surface area contributed by atoms with Crippen LogP contribution in [-0.2, 0) is 17.3 Å². The Balaban J connectivity index is 1.59. The summed E-state index contributed by atoms with van der Waals surface area (Å²) >= 11 is 8.97. The number of ether oxygens (including phenoxy) is 1. The average molecular weight is 427 g/mol. The number of amidine groups is 1. The molecule has 4 heterocycles. The maximum atomic E-state index is 12.4. The zero-order valence-electron chi connectivity index (χ0n) is 14.8. The summed E-state index contributed by atoms with van der Waals surface area (Å²) in [4.78, 5) is 21.8. The maximum absolute atomic E-state index is 12.4. The number of carbonyl (C=O) groups is 1. The van der Waals surface area contributed by atoms with Crippen molar-refractivity contribution in [1.82, 2.24) is 14.8 Å². The minimum absolute atomic E-state index is 0.186. The van der Waals surface area contributed by atoms with Gasteiger partial charge in [0, 0.05) is 30.2 Å². The van der Waals surface area contributed by atoms with Gasteiger partial charge in [0.2, 0.25) is 0 Å². The van der Waals surface area contributed by atoms with Crippen LogP contribution in [0.5, 0.6) is 0 Å². The number of rotatable bonds is 3. The first kappa shape index (κ1) is 18.7. The highest BCUT2D eigenvalue weighted by Crippen LogP contribution is 2.47. The number of aromatic nitrogens is 3.